The Kier molecular flexibility index (Phi) is 6.11. The third-order valence-corrected chi connectivity index (χ3v) is 4.02. The number of piperazine rings is 1. The van der Waals surface area contributed by atoms with Crippen LogP contribution in [0.1, 0.15) is 17.5 Å². The van der Waals surface area contributed by atoms with Gasteiger partial charge in [0.05, 0.1) is 6.42 Å². The number of hydrogen-bond acceptors (Lipinski definition) is 4. The van der Waals surface area contributed by atoms with E-state index in [2.05, 4.69) is 10.6 Å². The standard InChI is InChI=1S/C18H21N3O5/c1-11-3-4-13(12(2)9-11)20-15(22)10-14-18(26)19-7-8-21(14)16(23)5-6-17(24)25/h3-6,9,14H,7-8,10H2,1-2H3,(H,19,26)(H,20,22)(H,24,25)/b6-5-/t14-/m1/s1. The van der Waals surface area contributed by atoms with Gasteiger partial charge in [0.15, 0.2) is 0 Å². The SMILES string of the molecule is Cc1ccc(NC(=O)C[C@@H]2C(=O)NCCN2C(=O)/C=C\C(=O)O)c(C)c1. The molecular formula is C18H21N3O5. The van der Waals surface area contributed by atoms with Crippen molar-refractivity contribution in [2.24, 2.45) is 0 Å². The third kappa shape index (κ3) is 4.92. The van der Waals surface area contributed by atoms with E-state index in [1.54, 1.807) is 6.07 Å². The number of carboxylic acid groups (broad SMARTS) is 1. The van der Waals surface area contributed by atoms with Gasteiger partial charge in [0.25, 0.3) is 0 Å². The monoisotopic (exact) mass is 359 g/mol. The lowest BCUT2D eigenvalue weighted by Crippen LogP contribution is -2.57. The molecule has 0 radical (unpaired) electrons. The van der Waals surface area contributed by atoms with E-state index >= 15 is 0 Å². The minimum absolute atomic E-state index is 0.204. The molecule has 0 unspecified atom stereocenters. The zero-order valence-corrected chi connectivity index (χ0v) is 14.6. The number of rotatable bonds is 5. The second-order valence-electron chi connectivity index (χ2n) is 6.08. The number of nitrogens with zero attached hydrogens (tertiary/aromatic N) is 1. The average Bonchev–Trinajstić information content (AvgIpc) is 2.57. The summed E-state index contributed by atoms with van der Waals surface area (Å²) in [7, 11) is 0. The number of carbonyl (C=O) groups is 4. The van der Waals surface area contributed by atoms with E-state index in [9.17, 15) is 19.2 Å². The number of benzene rings is 1. The number of nitrogens with one attached hydrogen (secondary N) is 2. The fourth-order valence-corrected chi connectivity index (χ4v) is 2.75. The molecule has 8 nitrogen and oxygen atoms in total. The molecule has 1 fully saturated rings. The molecule has 1 heterocycles. The molecule has 3 N–H and O–H groups in total. The summed E-state index contributed by atoms with van der Waals surface area (Å²) in [6, 6.07) is 4.58. The van der Waals surface area contributed by atoms with Crippen LogP contribution in [0.15, 0.2) is 30.4 Å². The van der Waals surface area contributed by atoms with Crippen LogP contribution in [0.5, 0.6) is 0 Å². The maximum atomic E-state index is 12.4. The van der Waals surface area contributed by atoms with Gasteiger partial charge in [-0.1, -0.05) is 17.7 Å². The quantitative estimate of drug-likeness (QED) is 0.666. The minimum atomic E-state index is -1.26. The molecule has 26 heavy (non-hydrogen) atoms. The van der Waals surface area contributed by atoms with Gasteiger partial charge in [-0.05, 0) is 25.5 Å². The summed E-state index contributed by atoms with van der Waals surface area (Å²) in [5.41, 5.74) is 2.60. The van der Waals surface area contributed by atoms with Gasteiger partial charge >= 0.3 is 5.97 Å². The topological polar surface area (TPSA) is 116 Å². The number of aliphatic carboxylic acids is 1. The summed E-state index contributed by atoms with van der Waals surface area (Å²) >= 11 is 0. The zero-order chi connectivity index (χ0) is 19.3. The second kappa shape index (κ2) is 8.28. The lowest BCUT2D eigenvalue weighted by atomic mass is 10.1. The third-order valence-electron chi connectivity index (χ3n) is 4.02. The molecule has 1 saturated heterocycles. The molecule has 1 aromatic carbocycles. The largest absolute Gasteiger partial charge is 0.478 e. The molecule has 8 heteroatoms. The zero-order valence-electron chi connectivity index (χ0n) is 14.6. The average molecular weight is 359 g/mol. The Hall–Kier alpha value is -3.16. The van der Waals surface area contributed by atoms with Crippen LogP contribution < -0.4 is 10.6 Å². The molecule has 0 saturated carbocycles. The Labute approximate surface area is 150 Å². The first kappa shape index (κ1) is 19.2. The van der Waals surface area contributed by atoms with Crippen molar-refractivity contribution in [2.75, 3.05) is 18.4 Å². The van der Waals surface area contributed by atoms with E-state index in [0.717, 1.165) is 17.2 Å². The van der Waals surface area contributed by atoms with Crippen LogP contribution >= 0.6 is 0 Å². The lowest BCUT2D eigenvalue weighted by molar-refractivity contribution is -0.141. The van der Waals surface area contributed by atoms with Crippen molar-refractivity contribution in [3.63, 3.8) is 0 Å². The summed E-state index contributed by atoms with van der Waals surface area (Å²) in [5, 5.41) is 14.0. The maximum absolute atomic E-state index is 12.4. The van der Waals surface area contributed by atoms with Crippen molar-refractivity contribution < 1.29 is 24.3 Å². The van der Waals surface area contributed by atoms with Crippen molar-refractivity contribution in [3.05, 3.63) is 41.5 Å². The van der Waals surface area contributed by atoms with Crippen molar-refractivity contribution >= 4 is 29.4 Å². The van der Waals surface area contributed by atoms with Crippen LogP contribution in [0.2, 0.25) is 0 Å². The van der Waals surface area contributed by atoms with Gasteiger partial charge in [-0.3, -0.25) is 14.4 Å². The number of carbonyl (C=O) groups excluding carboxylic acids is 3. The highest BCUT2D eigenvalue weighted by Crippen LogP contribution is 2.17. The number of anilines is 1. The smallest absolute Gasteiger partial charge is 0.328 e. The van der Waals surface area contributed by atoms with Crippen LogP contribution in [-0.4, -0.2) is 52.8 Å². The maximum Gasteiger partial charge on any atom is 0.328 e. The second-order valence-corrected chi connectivity index (χ2v) is 6.08. The van der Waals surface area contributed by atoms with E-state index in [4.69, 9.17) is 5.11 Å². The van der Waals surface area contributed by atoms with E-state index in [0.29, 0.717) is 11.8 Å². The van der Waals surface area contributed by atoms with E-state index in [1.165, 1.54) is 4.90 Å². The fourth-order valence-electron chi connectivity index (χ4n) is 2.75. The molecule has 2 rings (SSSR count). The molecule has 0 bridgehead atoms. The molecule has 1 atom stereocenters. The first-order chi connectivity index (χ1) is 12.3. The molecule has 3 amide bonds. The van der Waals surface area contributed by atoms with Crippen LogP contribution in [-0.2, 0) is 19.2 Å². The highest BCUT2D eigenvalue weighted by Gasteiger charge is 2.33. The molecular weight excluding hydrogens is 338 g/mol. The van der Waals surface area contributed by atoms with Crippen LogP contribution in [0.3, 0.4) is 0 Å². The number of aryl methyl sites for hydroxylation is 2. The molecule has 138 valence electrons. The summed E-state index contributed by atoms with van der Waals surface area (Å²) in [6.45, 7) is 4.26. The Morgan fingerprint density at radius 3 is 2.69 bits per heavy atom. The molecule has 0 aliphatic carbocycles. The molecule has 1 aliphatic heterocycles. The van der Waals surface area contributed by atoms with Crippen LogP contribution in [0.4, 0.5) is 5.69 Å². The predicted octanol–water partition coefficient (Wildman–Crippen LogP) is 0.600. The Morgan fingerprint density at radius 2 is 2.04 bits per heavy atom. The normalized spacial score (nSPS) is 17.1. The van der Waals surface area contributed by atoms with Gasteiger partial charge in [-0.2, -0.15) is 0 Å². The van der Waals surface area contributed by atoms with E-state index in [1.807, 2.05) is 26.0 Å². The van der Waals surface area contributed by atoms with Gasteiger partial charge < -0.3 is 20.6 Å². The van der Waals surface area contributed by atoms with Crippen molar-refractivity contribution in [1.82, 2.24) is 10.2 Å². The molecule has 1 aromatic rings. The van der Waals surface area contributed by atoms with Crippen LogP contribution in [0, 0.1) is 13.8 Å². The summed E-state index contributed by atoms with van der Waals surface area (Å²) < 4.78 is 0. The van der Waals surface area contributed by atoms with Gasteiger partial charge in [-0.15, -0.1) is 0 Å². The Morgan fingerprint density at radius 1 is 1.31 bits per heavy atom. The van der Waals surface area contributed by atoms with Crippen LogP contribution in [0.25, 0.3) is 0 Å². The van der Waals surface area contributed by atoms with Gasteiger partial charge in [0.2, 0.25) is 17.7 Å². The summed E-state index contributed by atoms with van der Waals surface area (Å²) in [4.78, 5) is 48.4. The predicted molar refractivity (Wildman–Crippen MR) is 94.4 cm³/mol. The minimum Gasteiger partial charge on any atom is -0.478 e. The van der Waals surface area contributed by atoms with Gasteiger partial charge in [0, 0.05) is 30.9 Å². The Balaban J connectivity index is 2.09. The van der Waals surface area contributed by atoms with Crippen molar-refractivity contribution in [3.8, 4) is 0 Å². The van der Waals surface area contributed by atoms with E-state index in [-0.39, 0.29) is 19.5 Å². The molecule has 0 spiro atoms. The summed E-state index contributed by atoms with van der Waals surface area (Å²) in [6.07, 6.45) is 1.38. The first-order valence-electron chi connectivity index (χ1n) is 8.14. The van der Waals surface area contributed by atoms with Gasteiger partial charge in [-0.25, -0.2) is 4.79 Å². The van der Waals surface area contributed by atoms with E-state index < -0.39 is 29.7 Å². The van der Waals surface area contributed by atoms with Crippen molar-refractivity contribution in [2.45, 2.75) is 26.3 Å². The number of carboxylic acids is 1. The van der Waals surface area contributed by atoms with Gasteiger partial charge in [0.1, 0.15) is 6.04 Å². The highest BCUT2D eigenvalue weighted by atomic mass is 16.4. The number of hydrogen-bond donors (Lipinski definition) is 3. The summed E-state index contributed by atoms with van der Waals surface area (Å²) in [5.74, 6) is -2.72. The lowest BCUT2D eigenvalue weighted by Gasteiger charge is -2.34. The number of amides is 3. The molecule has 1 aliphatic rings. The fraction of sp³-hybridized carbons (Fsp3) is 0.333. The molecule has 0 aromatic heterocycles. The van der Waals surface area contributed by atoms with Crippen molar-refractivity contribution in [1.29, 1.82) is 0 Å². The Bertz CT molecular complexity index is 772. The first-order valence-corrected chi connectivity index (χ1v) is 8.14. The highest BCUT2D eigenvalue weighted by molar-refractivity contribution is 6.00.